The molecule has 0 aliphatic rings. The topological polar surface area (TPSA) is 35.8 Å². The summed E-state index contributed by atoms with van der Waals surface area (Å²) in [6.07, 6.45) is -4.45. The van der Waals surface area contributed by atoms with Crippen molar-refractivity contribution in [2.75, 3.05) is 5.32 Å². The molecular weight excluding hydrogens is 345 g/mol. The SMILES string of the molecule is N#Cc1cc(C(F)(F)F)ccc1NCc1ccccc1Br. The molecule has 0 bridgehead atoms. The van der Waals surface area contributed by atoms with E-state index in [1.807, 2.05) is 24.3 Å². The van der Waals surface area contributed by atoms with Crippen LogP contribution in [0.1, 0.15) is 16.7 Å². The molecule has 0 heterocycles. The van der Waals surface area contributed by atoms with Gasteiger partial charge in [-0.1, -0.05) is 34.1 Å². The van der Waals surface area contributed by atoms with Gasteiger partial charge in [0.2, 0.25) is 0 Å². The molecule has 2 nitrogen and oxygen atoms in total. The molecule has 0 fully saturated rings. The van der Waals surface area contributed by atoms with Crippen LogP contribution >= 0.6 is 15.9 Å². The zero-order valence-electron chi connectivity index (χ0n) is 10.7. The highest BCUT2D eigenvalue weighted by Gasteiger charge is 2.31. The molecule has 2 aromatic rings. The van der Waals surface area contributed by atoms with Crippen LogP contribution in [0.25, 0.3) is 0 Å². The lowest BCUT2D eigenvalue weighted by Gasteiger charge is -2.12. The highest BCUT2D eigenvalue weighted by Crippen LogP contribution is 2.31. The quantitative estimate of drug-likeness (QED) is 0.846. The lowest BCUT2D eigenvalue weighted by molar-refractivity contribution is -0.137. The maximum Gasteiger partial charge on any atom is 0.416 e. The summed E-state index contributed by atoms with van der Waals surface area (Å²) < 4.78 is 38.7. The van der Waals surface area contributed by atoms with E-state index < -0.39 is 11.7 Å². The summed E-state index contributed by atoms with van der Waals surface area (Å²) in [4.78, 5) is 0. The molecule has 1 N–H and O–H groups in total. The average Bonchev–Trinajstić information content (AvgIpc) is 2.45. The number of nitriles is 1. The second-order valence-corrected chi connectivity index (χ2v) is 5.17. The van der Waals surface area contributed by atoms with Gasteiger partial charge in [-0.2, -0.15) is 18.4 Å². The molecule has 108 valence electrons. The summed E-state index contributed by atoms with van der Waals surface area (Å²) in [5.41, 5.74) is 0.463. The van der Waals surface area contributed by atoms with E-state index in [1.165, 1.54) is 6.07 Å². The second-order valence-electron chi connectivity index (χ2n) is 4.31. The summed E-state index contributed by atoms with van der Waals surface area (Å²) in [7, 11) is 0. The van der Waals surface area contributed by atoms with E-state index in [2.05, 4.69) is 21.2 Å². The fourth-order valence-corrected chi connectivity index (χ4v) is 2.22. The van der Waals surface area contributed by atoms with Gasteiger partial charge < -0.3 is 5.32 Å². The number of alkyl halides is 3. The Morgan fingerprint density at radius 3 is 2.48 bits per heavy atom. The Kier molecular flexibility index (Phi) is 4.53. The number of rotatable bonds is 3. The standard InChI is InChI=1S/C15H10BrF3N2/c16-13-4-2-1-3-10(13)9-21-14-6-5-12(15(17,18)19)7-11(14)8-20/h1-7,21H,9H2. The van der Waals surface area contributed by atoms with Gasteiger partial charge in [-0.3, -0.25) is 0 Å². The average molecular weight is 355 g/mol. The molecule has 6 heteroatoms. The summed E-state index contributed by atoms with van der Waals surface area (Å²) >= 11 is 3.39. The molecule has 0 amide bonds. The van der Waals surface area contributed by atoms with E-state index in [9.17, 15) is 13.2 Å². The lowest BCUT2D eigenvalue weighted by atomic mass is 10.1. The smallest absolute Gasteiger partial charge is 0.380 e. The summed E-state index contributed by atoms with van der Waals surface area (Å²) in [5, 5.41) is 12.0. The first-order valence-electron chi connectivity index (χ1n) is 6.00. The van der Waals surface area contributed by atoms with E-state index in [4.69, 9.17) is 5.26 Å². The number of benzene rings is 2. The van der Waals surface area contributed by atoms with Crippen LogP contribution in [-0.4, -0.2) is 0 Å². The van der Waals surface area contributed by atoms with Crippen molar-refractivity contribution in [3.8, 4) is 6.07 Å². The molecule has 0 aromatic heterocycles. The van der Waals surface area contributed by atoms with E-state index in [1.54, 1.807) is 6.07 Å². The van der Waals surface area contributed by atoms with Crippen LogP contribution in [0.5, 0.6) is 0 Å². The minimum atomic E-state index is -4.45. The van der Waals surface area contributed by atoms with E-state index in [0.717, 1.165) is 22.2 Å². The van der Waals surface area contributed by atoms with Crippen LogP contribution in [0.2, 0.25) is 0 Å². The number of halogens is 4. The Hall–Kier alpha value is -2.00. The van der Waals surface area contributed by atoms with Gasteiger partial charge in [-0.25, -0.2) is 0 Å². The van der Waals surface area contributed by atoms with Gasteiger partial charge in [0.05, 0.1) is 16.8 Å². The molecule has 0 saturated carbocycles. The van der Waals surface area contributed by atoms with Crippen molar-refractivity contribution < 1.29 is 13.2 Å². The lowest BCUT2D eigenvalue weighted by Crippen LogP contribution is -2.07. The van der Waals surface area contributed by atoms with Crippen molar-refractivity contribution in [1.29, 1.82) is 5.26 Å². The zero-order chi connectivity index (χ0) is 15.5. The highest BCUT2D eigenvalue weighted by atomic mass is 79.9. The van der Waals surface area contributed by atoms with Gasteiger partial charge in [-0.05, 0) is 29.8 Å². The molecular formula is C15H10BrF3N2. The minimum Gasteiger partial charge on any atom is -0.380 e. The predicted octanol–water partition coefficient (Wildman–Crippen LogP) is 4.95. The first-order valence-corrected chi connectivity index (χ1v) is 6.80. The van der Waals surface area contributed by atoms with E-state index >= 15 is 0 Å². The highest BCUT2D eigenvalue weighted by molar-refractivity contribution is 9.10. The maximum absolute atomic E-state index is 12.6. The van der Waals surface area contributed by atoms with E-state index in [-0.39, 0.29) is 5.56 Å². The van der Waals surface area contributed by atoms with Gasteiger partial charge in [-0.15, -0.1) is 0 Å². The molecule has 0 radical (unpaired) electrons. The molecule has 0 atom stereocenters. The van der Waals surface area contributed by atoms with Crippen molar-refractivity contribution in [2.24, 2.45) is 0 Å². The van der Waals surface area contributed by atoms with Crippen LogP contribution < -0.4 is 5.32 Å². The molecule has 0 saturated heterocycles. The Morgan fingerprint density at radius 2 is 1.86 bits per heavy atom. The van der Waals surface area contributed by atoms with Crippen molar-refractivity contribution in [2.45, 2.75) is 12.7 Å². The molecule has 2 aromatic carbocycles. The first kappa shape index (κ1) is 15.4. The summed E-state index contributed by atoms with van der Waals surface area (Å²) in [6.45, 7) is 0.404. The number of hydrogen-bond acceptors (Lipinski definition) is 2. The van der Waals surface area contributed by atoms with Crippen LogP contribution in [0.3, 0.4) is 0 Å². The van der Waals surface area contributed by atoms with Crippen molar-refractivity contribution in [1.82, 2.24) is 0 Å². The predicted molar refractivity (Wildman–Crippen MR) is 77.6 cm³/mol. The van der Waals surface area contributed by atoms with Crippen LogP contribution in [-0.2, 0) is 12.7 Å². The van der Waals surface area contributed by atoms with Crippen LogP contribution in [0.15, 0.2) is 46.9 Å². The number of hydrogen-bond donors (Lipinski definition) is 1. The third kappa shape index (κ3) is 3.76. The number of nitrogens with one attached hydrogen (secondary N) is 1. The zero-order valence-corrected chi connectivity index (χ0v) is 12.3. The Labute approximate surface area is 128 Å². The molecule has 0 aliphatic heterocycles. The van der Waals surface area contributed by atoms with Crippen molar-refractivity contribution >= 4 is 21.6 Å². The van der Waals surface area contributed by atoms with Crippen molar-refractivity contribution in [3.63, 3.8) is 0 Å². The molecule has 0 spiro atoms. The second kappa shape index (κ2) is 6.19. The Balaban J connectivity index is 2.22. The monoisotopic (exact) mass is 354 g/mol. The normalized spacial score (nSPS) is 11.0. The third-order valence-electron chi connectivity index (χ3n) is 2.89. The number of nitrogens with zero attached hydrogens (tertiary/aromatic N) is 1. The van der Waals surface area contributed by atoms with Crippen molar-refractivity contribution in [3.05, 3.63) is 63.6 Å². The summed E-state index contributed by atoms with van der Waals surface area (Å²) in [6, 6.07) is 12.4. The molecule has 0 unspecified atom stereocenters. The van der Waals surface area contributed by atoms with Gasteiger partial charge in [0.25, 0.3) is 0 Å². The molecule has 2 rings (SSSR count). The Morgan fingerprint density at radius 1 is 1.14 bits per heavy atom. The van der Waals surface area contributed by atoms with Crippen LogP contribution in [0, 0.1) is 11.3 Å². The van der Waals surface area contributed by atoms with Crippen LogP contribution in [0.4, 0.5) is 18.9 Å². The fraction of sp³-hybridized carbons (Fsp3) is 0.133. The van der Waals surface area contributed by atoms with Gasteiger partial charge >= 0.3 is 6.18 Å². The third-order valence-corrected chi connectivity index (χ3v) is 3.67. The van der Waals surface area contributed by atoms with Gasteiger partial charge in [0, 0.05) is 11.0 Å². The minimum absolute atomic E-state index is 0.0307. The largest absolute Gasteiger partial charge is 0.416 e. The Bertz CT molecular complexity index is 690. The van der Waals surface area contributed by atoms with Gasteiger partial charge in [0.15, 0.2) is 0 Å². The number of anilines is 1. The molecule has 0 aliphatic carbocycles. The maximum atomic E-state index is 12.6. The first-order chi connectivity index (χ1) is 9.91. The van der Waals surface area contributed by atoms with Gasteiger partial charge in [0.1, 0.15) is 6.07 Å². The fourth-order valence-electron chi connectivity index (χ4n) is 1.80. The van der Waals surface area contributed by atoms with E-state index in [0.29, 0.717) is 12.2 Å². The molecule has 21 heavy (non-hydrogen) atoms. The summed E-state index contributed by atoms with van der Waals surface area (Å²) in [5.74, 6) is 0.